The van der Waals surface area contributed by atoms with E-state index < -0.39 is 0 Å². The van der Waals surface area contributed by atoms with Crippen molar-refractivity contribution in [1.82, 2.24) is 9.88 Å². The van der Waals surface area contributed by atoms with Crippen molar-refractivity contribution in [3.8, 4) is 5.75 Å². The van der Waals surface area contributed by atoms with E-state index in [0.29, 0.717) is 23.4 Å². The second-order valence-electron chi connectivity index (χ2n) is 5.67. The summed E-state index contributed by atoms with van der Waals surface area (Å²) in [6.45, 7) is 2.10. The van der Waals surface area contributed by atoms with Crippen molar-refractivity contribution in [2.45, 2.75) is 19.6 Å². The Balaban J connectivity index is 2.22. The van der Waals surface area contributed by atoms with Crippen LogP contribution in [0.3, 0.4) is 0 Å². The molecule has 0 aliphatic carbocycles. The van der Waals surface area contributed by atoms with Crippen LogP contribution < -0.4 is 0 Å². The zero-order chi connectivity index (χ0) is 16.8. The van der Waals surface area contributed by atoms with Crippen molar-refractivity contribution in [3.63, 3.8) is 0 Å². The highest BCUT2D eigenvalue weighted by atomic mass is 16.3. The second kappa shape index (κ2) is 7.85. The van der Waals surface area contributed by atoms with Crippen LogP contribution in [-0.2, 0) is 6.61 Å². The molecule has 1 aromatic heterocycles. The summed E-state index contributed by atoms with van der Waals surface area (Å²) in [7, 11) is 4.03. The molecule has 122 valence electrons. The highest BCUT2D eigenvalue weighted by Crippen LogP contribution is 2.23. The van der Waals surface area contributed by atoms with Crippen LogP contribution in [-0.4, -0.2) is 47.0 Å². The van der Waals surface area contributed by atoms with E-state index in [2.05, 4.69) is 27.0 Å². The maximum Gasteiger partial charge on any atom is 0.145 e. The quantitative estimate of drug-likeness (QED) is 0.803. The summed E-state index contributed by atoms with van der Waals surface area (Å²) in [6, 6.07) is 10.3. The van der Waals surface area contributed by atoms with Crippen molar-refractivity contribution in [3.05, 3.63) is 58.9 Å². The molecule has 23 heavy (non-hydrogen) atoms. The monoisotopic (exact) mass is 313 g/mol. The Kier molecular flexibility index (Phi) is 5.84. The van der Waals surface area contributed by atoms with Gasteiger partial charge in [0.25, 0.3) is 0 Å². The smallest absolute Gasteiger partial charge is 0.145 e. The molecule has 2 aromatic rings. The Morgan fingerprint density at radius 1 is 1.26 bits per heavy atom. The molecule has 2 rings (SSSR count). The molecule has 0 bridgehead atoms. The van der Waals surface area contributed by atoms with Crippen LogP contribution in [0.1, 0.15) is 28.4 Å². The van der Waals surface area contributed by atoms with E-state index in [1.54, 1.807) is 19.3 Å². The summed E-state index contributed by atoms with van der Waals surface area (Å²) in [6.07, 6.45) is 3.19. The molecule has 0 saturated heterocycles. The van der Waals surface area contributed by atoms with Gasteiger partial charge in [0.1, 0.15) is 5.75 Å². The number of pyridine rings is 1. The van der Waals surface area contributed by atoms with Gasteiger partial charge in [-0.2, -0.15) is 0 Å². The highest BCUT2D eigenvalue weighted by Gasteiger charge is 2.13. The number of aliphatic hydroxyl groups excluding tert-OH is 1. The van der Waals surface area contributed by atoms with E-state index >= 15 is 0 Å². The van der Waals surface area contributed by atoms with E-state index in [4.69, 9.17) is 0 Å². The average Bonchev–Trinajstić information content (AvgIpc) is 2.55. The van der Waals surface area contributed by atoms with Crippen LogP contribution >= 0.6 is 0 Å². The number of likely N-dealkylation sites (N-methyl/N-ethyl adjacent to an activating group) is 1. The summed E-state index contributed by atoms with van der Waals surface area (Å²) in [5.41, 5.74) is 2.81. The predicted octanol–water partition coefficient (Wildman–Crippen LogP) is 2.31. The molecule has 0 aliphatic rings. The van der Waals surface area contributed by atoms with Gasteiger partial charge in [-0.15, -0.1) is 0 Å². The number of aromatic nitrogens is 1. The van der Waals surface area contributed by atoms with Gasteiger partial charge >= 0.3 is 0 Å². The molecule has 0 spiro atoms. The third-order valence-corrected chi connectivity index (χ3v) is 3.83. The second-order valence-corrected chi connectivity index (χ2v) is 5.67. The van der Waals surface area contributed by atoms with Gasteiger partial charge in [0.2, 0.25) is 0 Å². The van der Waals surface area contributed by atoms with Crippen LogP contribution in [0, 0.1) is 6.92 Å². The van der Waals surface area contributed by atoms with E-state index in [1.807, 2.05) is 32.3 Å². The largest absolute Gasteiger partial charge is 0.505 e. The molecule has 5 heteroatoms. The van der Waals surface area contributed by atoms with Gasteiger partial charge in [-0.25, -0.2) is 0 Å². The Morgan fingerprint density at radius 3 is 2.57 bits per heavy atom. The molecule has 0 unspecified atom stereocenters. The highest BCUT2D eigenvalue weighted by molar-refractivity contribution is 5.85. The molecule has 0 radical (unpaired) electrons. The van der Waals surface area contributed by atoms with Crippen LogP contribution in [0.2, 0.25) is 0 Å². The molecular formula is C18H23N3O2. The average molecular weight is 313 g/mol. The number of aliphatic hydroxyl groups is 1. The number of aryl methyl sites for hydroxylation is 1. The first kappa shape index (κ1) is 17.1. The number of benzene rings is 1. The van der Waals surface area contributed by atoms with Crippen LogP contribution in [0.15, 0.2) is 41.5 Å². The minimum atomic E-state index is -0.183. The Morgan fingerprint density at radius 2 is 1.96 bits per heavy atom. The van der Waals surface area contributed by atoms with Crippen LogP contribution in [0.5, 0.6) is 5.75 Å². The molecule has 1 atom stereocenters. The van der Waals surface area contributed by atoms with Gasteiger partial charge in [0, 0.05) is 23.5 Å². The van der Waals surface area contributed by atoms with Crippen molar-refractivity contribution in [2.75, 3.05) is 20.6 Å². The third-order valence-electron chi connectivity index (χ3n) is 3.83. The van der Waals surface area contributed by atoms with Gasteiger partial charge in [0.15, 0.2) is 0 Å². The van der Waals surface area contributed by atoms with Crippen LogP contribution in [0.25, 0.3) is 0 Å². The van der Waals surface area contributed by atoms with E-state index in [9.17, 15) is 10.2 Å². The topological polar surface area (TPSA) is 69.0 Å². The summed E-state index contributed by atoms with van der Waals surface area (Å²) >= 11 is 0. The number of aliphatic imine (C=N–C) groups is 1. The molecule has 0 amide bonds. The molecule has 0 saturated carbocycles. The minimum Gasteiger partial charge on any atom is -0.505 e. The van der Waals surface area contributed by atoms with Crippen molar-refractivity contribution in [1.29, 1.82) is 0 Å². The Bertz CT molecular complexity index is 669. The fourth-order valence-electron chi connectivity index (χ4n) is 2.41. The standard InChI is InChI=1S/C18H23N3O2/c1-13-18(23)16(15(12-22)9-20-13)10-19-11-17(21(2)3)14-7-5-4-6-8-14/h4-10,17,22-23H,11-12H2,1-3H3/t17-/m0/s1. The van der Waals surface area contributed by atoms with Crippen molar-refractivity contribution in [2.24, 2.45) is 4.99 Å². The minimum absolute atomic E-state index is 0.0708. The van der Waals surface area contributed by atoms with Gasteiger partial charge in [-0.1, -0.05) is 30.3 Å². The number of rotatable bonds is 6. The summed E-state index contributed by atoms with van der Waals surface area (Å²) in [5.74, 6) is 0.0708. The normalized spacial score (nSPS) is 12.9. The number of aromatic hydroxyl groups is 1. The van der Waals surface area contributed by atoms with Crippen molar-refractivity contribution < 1.29 is 10.2 Å². The molecular weight excluding hydrogens is 290 g/mol. The van der Waals surface area contributed by atoms with E-state index in [-0.39, 0.29) is 18.4 Å². The number of nitrogens with zero attached hydrogens (tertiary/aromatic N) is 3. The van der Waals surface area contributed by atoms with E-state index in [0.717, 1.165) is 0 Å². The Labute approximate surface area is 137 Å². The lowest BCUT2D eigenvalue weighted by atomic mass is 10.1. The maximum atomic E-state index is 10.1. The van der Waals surface area contributed by atoms with Gasteiger partial charge in [-0.3, -0.25) is 9.98 Å². The maximum absolute atomic E-state index is 10.1. The lowest BCUT2D eigenvalue weighted by molar-refractivity contribution is 0.280. The summed E-state index contributed by atoms with van der Waals surface area (Å²) in [5, 5.41) is 19.5. The fraction of sp³-hybridized carbons (Fsp3) is 0.333. The first-order valence-corrected chi connectivity index (χ1v) is 7.54. The van der Waals surface area contributed by atoms with Gasteiger partial charge < -0.3 is 15.1 Å². The molecule has 1 aromatic carbocycles. The number of hydrogen-bond acceptors (Lipinski definition) is 5. The zero-order valence-corrected chi connectivity index (χ0v) is 13.8. The summed E-state index contributed by atoms with van der Waals surface area (Å²) in [4.78, 5) is 10.6. The SMILES string of the molecule is Cc1ncc(CO)c(C=NC[C@@H](c2ccccc2)N(C)C)c1O. The van der Waals surface area contributed by atoms with Gasteiger partial charge in [-0.05, 0) is 26.6 Å². The third kappa shape index (κ3) is 4.15. The first-order valence-electron chi connectivity index (χ1n) is 7.54. The van der Waals surface area contributed by atoms with Crippen molar-refractivity contribution >= 4 is 6.21 Å². The fourth-order valence-corrected chi connectivity index (χ4v) is 2.41. The molecule has 1 heterocycles. The molecule has 0 fully saturated rings. The predicted molar refractivity (Wildman–Crippen MR) is 91.9 cm³/mol. The van der Waals surface area contributed by atoms with E-state index in [1.165, 1.54) is 5.56 Å². The zero-order valence-electron chi connectivity index (χ0n) is 13.8. The molecule has 2 N–H and O–H groups in total. The summed E-state index contributed by atoms with van der Waals surface area (Å²) < 4.78 is 0. The molecule has 5 nitrogen and oxygen atoms in total. The number of hydrogen-bond donors (Lipinski definition) is 2. The molecule has 0 aliphatic heterocycles. The Hall–Kier alpha value is -2.24. The lowest BCUT2D eigenvalue weighted by Crippen LogP contribution is -2.22. The lowest BCUT2D eigenvalue weighted by Gasteiger charge is -2.23. The van der Waals surface area contributed by atoms with Crippen LogP contribution in [0.4, 0.5) is 0 Å². The van der Waals surface area contributed by atoms with Gasteiger partial charge in [0.05, 0.1) is 24.9 Å². The first-order chi connectivity index (χ1) is 11.0.